The van der Waals surface area contributed by atoms with Crippen LogP contribution in [0.3, 0.4) is 0 Å². The zero-order valence-corrected chi connectivity index (χ0v) is 11.4. The lowest BCUT2D eigenvalue weighted by Gasteiger charge is -2.18. The molecule has 1 atom stereocenters. The summed E-state index contributed by atoms with van der Waals surface area (Å²) in [7, 11) is 3.07. The average molecular weight is 276 g/mol. The number of amides is 2. The monoisotopic (exact) mass is 276 g/mol. The van der Waals surface area contributed by atoms with Gasteiger partial charge in [-0.05, 0) is 24.3 Å². The molecule has 1 aromatic rings. The summed E-state index contributed by atoms with van der Waals surface area (Å²) in [5.41, 5.74) is 0.736. The van der Waals surface area contributed by atoms with E-state index in [0.717, 1.165) is 16.5 Å². The largest absolute Gasteiger partial charge is 0.497 e. The fraction of sp³-hybridized carbons (Fsp3) is 0.357. The van der Waals surface area contributed by atoms with Gasteiger partial charge in [0, 0.05) is 12.8 Å². The summed E-state index contributed by atoms with van der Waals surface area (Å²) < 4.78 is 9.88. The Morgan fingerprint density at radius 3 is 2.60 bits per heavy atom. The van der Waals surface area contributed by atoms with E-state index in [1.165, 1.54) is 7.11 Å². The molecule has 0 saturated carbocycles. The Kier molecular flexibility index (Phi) is 4.45. The number of urea groups is 1. The smallest absolute Gasteiger partial charge is 0.349 e. The van der Waals surface area contributed by atoms with Gasteiger partial charge < -0.3 is 9.47 Å². The Morgan fingerprint density at radius 1 is 1.35 bits per heavy atom. The predicted octanol–water partition coefficient (Wildman–Crippen LogP) is 1.47. The summed E-state index contributed by atoms with van der Waals surface area (Å²) in [4.78, 5) is 19.1. The molecule has 1 aromatic carbocycles. The number of terminal acetylenes is 1. The van der Waals surface area contributed by atoms with Gasteiger partial charge in [-0.15, -0.1) is 6.42 Å². The quantitative estimate of drug-likeness (QED) is 0.604. The summed E-state index contributed by atoms with van der Waals surface area (Å²) in [6.07, 6.45) is 5.43. The van der Waals surface area contributed by atoms with Gasteiger partial charge in [0.25, 0.3) is 0 Å². The number of ether oxygens (including phenoxy) is 2. The van der Waals surface area contributed by atoms with E-state index >= 15 is 0 Å². The van der Waals surface area contributed by atoms with Crippen LogP contribution in [-0.4, -0.2) is 44.7 Å². The molecule has 6 heteroatoms. The van der Waals surface area contributed by atoms with Crippen LogP contribution in [0.15, 0.2) is 24.3 Å². The Labute approximate surface area is 117 Å². The number of carbonyl (C=O) groups excluding carboxylic acids is 1. The van der Waals surface area contributed by atoms with Crippen molar-refractivity contribution in [2.45, 2.75) is 6.04 Å². The average Bonchev–Trinajstić information content (AvgIpc) is 2.81. The second kappa shape index (κ2) is 6.28. The molecule has 106 valence electrons. The van der Waals surface area contributed by atoms with E-state index in [-0.39, 0.29) is 12.8 Å². The first kappa shape index (κ1) is 14.2. The van der Waals surface area contributed by atoms with E-state index in [1.807, 2.05) is 0 Å². The van der Waals surface area contributed by atoms with Crippen molar-refractivity contribution in [3.8, 4) is 18.1 Å². The molecule has 0 N–H and O–H groups in total. The minimum atomic E-state index is -0.445. The van der Waals surface area contributed by atoms with Crippen molar-refractivity contribution in [2.75, 3.05) is 32.5 Å². The summed E-state index contributed by atoms with van der Waals surface area (Å²) in [6, 6.07) is 6.40. The number of rotatable bonds is 5. The number of hydrogen-bond donors (Lipinski definition) is 0. The lowest BCUT2D eigenvalue weighted by Crippen LogP contribution is -2.35. The Hall–Kier alpha value is -2.23. The lowest BCUT2D eigenvalue weighted by atomic mass is 10.2. The molecule has 0 aliphatic carbocycles. The summed E-state index contributed by atoms with van der Waals surface area (Å²) >= 11 is 0. The van der Waals surface area contributed by atoms with Gasteiger partial charge in [-0.3, -0.25) is 4.90 Å². The maximum Gasteiger partial charge on any atom is 0.349 e. The normalized spacial score (nSPS) is 18.2. The van der Waals surface area contributed by atoms with Crippen molar-refractivity contribution in [2.24, 2.45) is 0 Å². The van der Waals surface area contributed by atoms with Crippen molar-refractivity contribution in [1.82, 2.24) is 5.06 Å². The van der Waals surface area contributed by atoms with Crippen molar-refractivity contribution in [3.05, 3.63) is 24.3 Å². The molecular formula is C14H16N2O4. The van der Waals surface area contributed by atoms with Crippen LogP contribution in [0.25, 0.3) is 0 Å². The molecule has 1 heterocycles. The van der Waals surface area contributed by atoms with Gasteiger partial charge in [0.15, 0.2) is 6.79 Å². The van der Waals surface area contributed by atoms with E-state index < -0.39 is 6.04 Å². The van der Waals surface area contributed by atoms with Gasteiger partial charge in [0.1, 0.15) is 11.8 Å². The van der Waals surface area contributed by atoms with Crippen LogP contribution < -0.4 is 9.64 Å². The van der Waals surface area contributed by atoms with Crippen LogP contribution in [0.1, 0.15) is 0 Å². The molecule has 20 heavy (non-hydrogen) atoms. The Balaban J connectivity index is 2.16. The van der Waals surface area contributed by atoms with Gasteiger partial charge in [0.2, 0.25) is 0 Å². The molecular weight excluding hydrogens is 260 g/mol. The number of benzene rings is 1. The summed E-state index contributed by atoms with van der Waals surface area (Å²) in [5.74, 6) is 3.26. The summed E-state index contributed by atoms with van der Waals surface area (Å²) in [6.45, 7) is 0.339. The maximum atomic E-state index is 12.3. The van der Waals surface area contributed by atoms with E-state index in [9.17, 15) is 4.79 Å². The van der Waals surface area contributed by atoms with Crippen LogP contribution in [-0.2, 0) is 9.57 Å². The van der Waals surface area contributed by atoms with Gasteiger partial charge >= 0.3 is 6.03 Å². The Bertz CT molecular complexity index is 509. The zero-order valence-electron chi connectivity index (χ0n) is 11.4. The standard InChI is InChI=1S/C14H16N2O4/c1-4-11-9-15(14(17)16(11)20-10-18-2)12-5-7-13(19-3)8-6-12/h1,5-8,11H,9-10H2,2-3H3. The molecule has 0 aromatic heterocycles. The van der Waals surface area contributed by atoms with Crippen molar-refractivity contribution < 1.29 is 19.1 Å². The first-order chi connectivity index (χ1) is 9.71. The molecule has 1 saturated heterocycles. The minimum absolute atomic E-state index is 0.0274. The van der Waals surface area contributed by atoms with Crippen LogP contribution in [0, 0.1) is 12.3 Å². The first-order valence-electron chi connectivity index (χ1n) is 6.04. The van der Waals surface area contributed by atoms with Crippen LogP contribution in [0.5, 0.6) is 5.75 Å². The second-order valence-corrected chi connectivity index (χ2v) is 4.14. The van der Waals surface area contributed by atoms with E-state index in [4.69, 9.17) is 20.7 Å². The van der Waals surface area contributed by atoms with Crippen LogP contribution >= 0.6 is 0 Å². The molecule has 1 unspecified atom stereocenters. The molecule has 0 radical (unpaired) electrons. The van der Waals surface area contributed by atoms with Gasteiger partial charge in [-0.25, -0.2) is 9.63 Å². The number of anilines is 1. The van der Waals surface area contributed by atoms with E-state index in [1.54, 1.807) is 36.3 Å². The molecule has 0 bridgehead atoms. The third kappa shape index (κ3) is 2.69. The highest BCUT2D eigenvalue weighted by molar-refractivity contribution is 5.94. The highest BCUT2D eigenvalue weighted by atomic mass is 16.8. The van der Waals surface area contributed by atoms with E-state index in [2.05, 4.69) is 5.92 Å². The van der Waals surface area contributed by atoms with Crippen molar-refractivity contribution in [1.29, 1.82) is 0 Å². The van der Waals surface area contributed by atoms with Crippen LogP contribution in [0.2, 0.25) is 0 Å². The predicted molar refractivity (Wildman–Crippen MR) is 73.2 cm³/mol. The van der Waals surface area contributed by atoms with Crippen molar-refractivity contribution in [3.63, 3.8) is 0 Å². The summed E-state index contributed by atoms with van der Waals surface area (Å²) in [5, 5.41) is 1.16. The Morgan fingerprint density at radius 2 is 2.05 bits per heavy atom. The van der Waals surface area contributed by atoms with E-state index in [0.29, 0.717) is 6.54 Å². The topological polar surface area (TPSA) is 51.2 Å². The molecule has 1 fully saturated rings. The maximum absolute atomic E-state index is 12.3. The number of hydroxylamine groups is 2. The van der Waals surface area contributed by atoms with Gasteiger partial charge in [0.05, 0.1) is 13.7 Å². The third-order valence-corrected chi connectivity index (χ3v) is 2.94. The minimum Gasteiger partial charge on any atom is -0.497 e. The molecule has 6 nitrogen and oxygen atoms in total. The highest BCUT2D eigenvalue weighted by Crippen LogP contribution is 2.25. The second-order valence-electron chi connectivity index (χ2n) is 4.14. The fourth-order valence-electron chi connectivity index (χ4n) is 1.93. The van der Waals surface area contributed by atoms with Crippen LogP contribution in [0.4, 0.5) is 10.5 Å². The SMILES string of the molecule is C#CC1CN(c2ccc(OC)cc2)C(=O)N1OCOC. The highest BCUT2D eigenvalue weighted by Gasteiger charge is 2.38. The molecule has 2 amide bonds. The number of hydrogen-bond acceptors (Lipinski definition) is 4. The number of methoxy groups -OCH3 is 2. The molecule has 1 aliphatic heterocycles. The van der Waals surface area contributed by atoms with Crippen molar-refractivity contribution >= 4 is 11.7 Å². The number of carbonyl (C=O) groups is 1. The molecule has 0 spiro atoms. The zero-order chi connectivity index (χ0) is 14.5. The first-order valence-corrected chi connectivity index (χ1v) is 6.04. The third-order valence-electron chi connectivity index (χ3n) is 2.94. The molecule has 2 rings (SSSR count). The van der Waals surface area contributed by atoms with Gasteiger partial charge in [-0.2, -0.15) is 5.06 Å². The van der Waals surface area contributed by atoms with Gasteiger partial charge in [-0.1, -0.05) is 5.92 Å². The molecule has 1 aliphatic rings. The lowest BCUT2D eigenvalue weighted by molar-refractivity contribution is -0.185. The fourth-order valence-corrected chi connectivity index (χ4v) is 1.93. The number of nitrogens with zero attached hydrogens (tertiary/aromatic N) is 2.